The van der Waals surface area contributed by atoms with Crippen LogP contribution in [0.15, 0.2) is 78.5 Å². The smallest absolute Gasteiger partial charge is 0.282 e. The van der Waals surface area contributed by atoms with E-state index in [1.807, 2.05) is 68.4 Å². The number of nitrogens with zero attached hydrogens (tertiary/aromatic N) is 2. The number of nitriles is 1. The van der Waals surface area contributed by atoms with Crippen LogP contribution >= 0.6 is 0 Å². The molecule has 1 aliphatic heterocycles. The monoisotopic (exact) mass is 393 g/mol. The summed E-state index contributed by atoms with van der Waals surface area (Å²) in [5.41, 5.74) is 4.98. The fraction of sp³-hybridized carbons (Fsp3) is 0.0800. The molecule has 0 aliphatic carbocycles. The van der Waals surface area contributed by atoms with E-state index < -0.39 is 11.8 Å². The third-order valence-corrected chi connectivity index (χ3v) is 5.04. The largest absolute Gasteiger partial charge is 0.350 e. The third-order valence-electron chi connectivity index (χ3n) is 5.04. The van der Waals surface area contributed by atoms with Gasteiger partial charge < -0.3 is 5.32 Å². The van der Waals surface area contributed by atoms with Crippen molar-refractivity contribution in [2.24, 2.45) is 0 Å². The van der Waals surface area contributed by atoms with E-state index in [4.69, 9.17) is 5.26 Å². The topological polar surface area (TPSA) is 73.2 Å². The zero-order valence-electron chi connectivity index (χ0n) is 16.6. The zero-order valence-corrected chi connectivity index (χ0v) is 16.6. The van der Waals surface area contributed by atoms with Gasteiger partial charge in [0.15, 0.2) is 0 Å². The van der Waals surface area contributed by atoms with Gasteiger partial charge in [0.2, 0.25) is 0 Å². The van der Waals surface area contributed by atoms with Crippen LogP contribution < -0.4 is 10.2 Å². The number of carbonyl (C=O) groups is 2. The fourth-order valence-corrected chi connectivity index (χ4v) is 3.53. The van der Waals surface area contributed by atoms with Crippen molar-refractivity contribution in [2.75, 3.05) is 10.2 Å². The highest BCUT2D eigenvalue weighted by Gasteiger charge is 2.40. The lowest BCUT2D eigenvalue weighted by Crippen LogP contribution is -2.32. The molecule has 5 nitrogen and oxygen atoms in total. The summed E-state index contributed by atoms with van der Waals surface area (Å²) in [6.07, 6.45) is 0. The lowest BCUT2D eigenvalue weighted by atomic mass is 10.0. The Balaban J connectivity index is 1.81. The first-order chi connectivity index (χ1) is 14.5. The van der Waals surface area contributed by atoms with E-state index >= 15 is 0 Å². The molecule has 0 saturated heterocycles. The van der Waals surface area contributed by atoms with E-state index in [9.17, 15) is 9.59 Å². The van der Waals surface area contributed by atoms with Crippen LogP contribution in [-0.4, -0.2) is 11.8 Å². The van der Waals surface area contributed by atoms with E-state index in [-0.39, 0.29) is 5.70 Å². The van der Waals surface area contributed by atoms with Crippen LogP contribution in [0.25, 0.3) is 5.57 Å². The molecule has 146 valence electrons. The van der Waals surface area contributed by atoms with E-state index in [0.717, 1.165) is 21.7 Å². The molecule has 3 aromatic carbocycles. The van der Waals surface area contributed by atoms with Crippen molar-refractivity contribution in [1.29, 1.82) is 5.26 Å². The van der Waals surface area contributed by atoms with Gasteiger partial charge in [0, 0.05) is 5.69 Å². The molecule has 1 aliphatic rings. The van der Waals surface area contributed by atoms with Gasteiger partial charge in [-0.25, -0.2) is 4.90 Å². The van der Waals surface area contributed by atoms with E-state index in [1.54, 1.807) is 24.3 Å². The Morgan fingerprint density at radius 2 is 1.57 bits per heavy atom. The number of rotatable bonds is 4. The maximum Gasteiger partial charge on any atom is 0.282 e. The van der Waals surface area contributed by atoms with Gasteiger partial charge in [-0.1, -0.05) is 48.0 Å². The molecule has 2 amide bonds. The molecule has 0 atom stereocenters. The van der Waals surface area contributed by atoms with Gasteiger partial charge in [-0.15, -0.1) is 0 Å². The second-order valence-electron chi connectivity index (χ2n) is 7.16. The highest BCUT2D eigenvalue weighted by atomic mass is 16.2. The molecule has 0 spiro atoms. The molecule has 0 unspecified atom stereocenters. The summed E-state index contributed by atoms with van der Waals surface area (Å²) in [7, 11) is 0. The highest BCUT2D eigenvalue weighted by Crippen LogP contribution is 2.34. The number of amides is 2. The number of aryl methyl sites for hydroxylation is 2. The van der Waals surface area contributed by atoms with Gasteiger partial charge in [-0.3, -0.25) is 9.59 Å². The van der Waals surface area contributed by atoms with Crippen LogP contribution in [0.3, 0.4) is 0 Å². The van der Waals surface area contributed by atoms with Crippen LogP contribution in [0.1, 0.15) is 22.3 Å². The predicted molar refractivity (Wildman–Crippen MR) is 117 cm³/mol. The number of nitrogens with one attached hydrogen (secondary N) is 1. The molecule has 0 saturated carbocycles. The van der Waals surface area contributed by atoms with E-state index in [0.29, 0.717) is 22.4 Å². The van der Waals surface area contributed by atoms with Gasteiger partial charge in [-0.2, -0.15) is 5.26 Å². The number of hydrogen-bond acceptors (Lipinski definition) is 4. The summed E-state index contributed by atoms with van der Waals surface area (Å²) in [5, 5.41) is 12.2. The minimum atomic E-state index is -0.427. The Hall–Kier alpha value is -4.17. The molecule has 0 bridgehead atoms. The minimum absolute atomic E-state index is 0.238. The number of imide groups is 1. The number of anilines is 2. The highest BCUT2D eigenvalue weighted by molar-refractivity contribution is 6.46. The second-order valence-corrected chi connectivity index (χ2v) is 7.16. The summed E-state index contributed by atoms with van der Waals surface area (Å²) < 4.78 is 0. The van der Waals surface area contributed by atoms with E-state index in [2.05, 4.69) is 5.32 Å². The quantitative estimate of drug-likeness (QED) is 0.659. The minimum Gasteiger partial charge on any atom is -0.350 e. The van der Waals surface area contributed by atoms with Gasteiger partial charge in [0.05, 0.1) is 22.9 Å². The van der Waals surface area contributed by atoms with Crippen molar-refractivity contribution >= 4 is 28.8 Å². The maximum absolute atomic E-state index is 13.4. The fourth-order valence-electron chi connectivity index (χ4n) is 3.53. The van der Waals surface area contributed by atoms with E-state index in [1.165, 1.54) is 0 Å². The molecule has 1 heterocycles. The average molecular weight is 393 g/mol. The normalized spacial score (nSPS) is 13.6. The van der Waals surface area contributed by atoms with Crippen molar-refractivity contribution in [3.63, 3.8) is 0 Å². The predicted octanol–water partition coefficient (Wildman–Crippen LogP) is 4.57. The number of carbonyl (C=O) groups excluding carboxylic acids is 2. The van der Waals surface area contributed by atoms with Crippen molar-refractivity contribution in [2.45, 2.75) is 13.8 Å². The molecule has 30 heavy (non-hydrogen) atoms. The molecular weight excluding hydrogens is 374 g/mol. The number of hydrogen-bond donors (Lipinski definition) is 1. The first-order valence-corrected chi connectivity index (χ1v) is 9.52. The molecule has 4 rings (SSSR count). The first-order valence-electron chi connectivity index (χ1n) is 9.52. The summed E-state index contributed by atoms with van der Waals surface area (Å²) in [6, 6.07) is 23.5. The SMILES string of the molecule is Cc1ccc(NC2=C(c3ccccc3)C(=O)N(c3ccc(C#N)cc3)C2=O)c(C)c1. The van der Waals surface area contributed by atoms with Crippen LogP contribution in [0.2, 0.25) is 0 Å². The Labute approximate surface area is 174 Å². The van der Waals surface area contributed by atoms with Crippen molar-refractivity contribution in [3.8, 4) is 6.07 Å². The van der Waals surface area contributed by atoms with Crippen LogP contribution in [0.4, 0.5) is 11.4 Å². The number of benzene rings is 3. The molecule has 1 N–H and O–H groups in total. The second kappa shape index (κ2) is 7.69. The standard InChI is InChI=1S/C25H19N3O2/c1-16-8-13-21(17(2)14-16)27-23-22(19-6-4-3-5-7-19)24(29)28(25(23)30)20-11-9-18(15-26)10-12-20/h3-14,27H,1-2H3. The summed E-state index contributed by atoms with van der Waals surface area (Å²) >= 11 is 0. The molecule has 3 aromatic rings. The molecule has 5 heteroatoms. The average Bonchev–Trinajstić information content (AvgIpc) is 3.00. The van der Waals surface area contributed by atoms with Crippen molar-refractivity contribution < 1.29 is 9.59 Å². The van der Waals surface area contributed by atoms with Crippen LogP contribution in [0.5, 0.6) is 0 Å². The third kappa shape index (κ3) is 3.36. The zero-order chi connectivity index (χ0) is 21.3. The Kier molecular flexibility index (Phi) is 4.91. The molecule has 0 fully saturated rings. The van der Waals surface area contributed by atoms with Gasteiger partial charge in [-0.05, 0) is 55.3 Å². The van der Waals surface area contributed by atoms with Crippen LogP contribution in [0, 0.1) is 25.2 Å². The molecule has 0 aromatic heterocycles. The van der Waals surface area contributed by atoms with Crippen LogP contribution in [-0.2, 0) is 9.59 Å². The first kappa shape index (κ1) is 19.2. The summed E-state index contributed by atoms with van der Waals surface area (Å²) in [6.45, 7) is 3.96. The Bertz CT molecular complexity index is 1220. The Morgan fingerprint density at radius 1 is 0.867 bits per heavy atom. The van der Waals surface area contributed by atoms with Crippen molar-refractivity contribution in [1.82, 2.24) is 0 Å². The summed E-state index contributed by atoms with van der Waals surface area (Å²) in [5.74, 6) is -0.827. The lowest BCUT2D eigenvalue weighted by molar-refractivity contribution is -0.120. The molecule has 0 radical (unpaired) electrons. The van der Waals surface area contributed by atoms with Crippen molar-refractivity contribution in [3.05, 3.63) is 101 Å². The summed E-state index contributed by atoms with van der Waals surface area (Å²) in [4.78, 5) is 27.9. The van der Waals surface area contributed by atoms with Gasteiger partial charge in [0.1, 0.15) is 5.70 Å². The maximum atomic E-state index is 13.4. The lowest BCUT2D eigenvalue weighted by Gasteiger charge is -2.16. The Morgan fingerprint density at radius 3 is 2.20 bits per heavy atom. The van der Waals surface area contributed by atoms with Gasteiger partial charge in [0.25, 0.3) is 11.8 Å². The molecular formula is C25H19N3O2. The van der Waals surface area contributed by atoms with Gasteiger partial charge >= 0.3 is 0 Å².